The van der Waals surface area contributed by atoms with Crippen molar-refractivity contribution in [2.45, 2.75) is 18.5 Å². The van der Waals surface area contributed by atoms with Crippen LogP contribution in [0.4, 0.5) is 0 Å². The Labute approximate surface area is 286 Å². The molecule has 0 N–H and O–H groups in total. The van der Waals surface area contributed by atoms with E-state index in [0.29, 0.717) is 0 Å². The molecular formula is C47H33NSi. The molecule has 0 aliphatic carbocycles. The Morgan fingerprint density at radius 3 is 2.04 bits per heavy atom. The first-order chi connectivity index (χ1) is 24.1. The lowest BCUT2D eigenvalue weighted by Gasteiger charge is -2.50. The van der Waals surface area contributed by atoms with Crippen LogP contribution in [0.25, 0.3) is 60.2 Å². The molecule has 230 valence electrons. The van der Waals surface area contributed by atoms with E-state index in [2.05, 4.69) is 181 Å². The third kappa shape index (κ3) is 3.30. The van der Waals surface area contributed by atoms with Gasteiger partial charge in [0.1, 0.15) is 8.07 Å². The molecule has 1 aromatic heterocycles. The predicted octanol–water partition coefficient (Wildman–Crippen LogP) is 10.6. The minimum Gasteiger partial charge on any atom is -0.309 e. The Kier molecular flexibility index (Phi) is 5.27. The molecule has 8 aromatic carbocycles. The van der Waals surface area contributed by atoms with Crippen LogP contribution >= 0.6 is 0 Å². The van der Waals surface area contributed by atoms with Crippen LogP contribution < -0.4 is 10.4 Å². The van der Waals surface area contributed by atoms with E-state index in [1.54, 1.807) is 5.19 Å². The van der Waals surface area contributed by atoms with Crippen LogP contribution in [0.1, 0.15) is 22.3 Å². The molecule has 9 aromatic rings. The van der Waals surface area contributed by atoms with Gasteiger partial charge in [0.05, 0.1) is 22.1 Å². The molecule has 2 heteroatoms. The number of nitrogens with zero attached hydrogens (tertiary/aromatic N) is 1. The van der Waals surface area contributed by atoms with Crippen LogP contribution in [0, 0.1) is 0 Å². The van der Waals surface area contributed by atoms with Crippen molar-refractivity contribution in [3.05, 3.63) is 186 Å². The monoisotopic (exact) mass is 639 g/mol. The van der Waals surface area contributed by atoms with E-state index in [4.69, 9.17) is 0 Å². The molecule has 3 heterocycles. The van der Waals surface area contributed by atoms with Gasteiger partial charge in [0.25, 0.3) is 0 Å². The van der Waals surface area contributed by atoms with Gasteiger partial charge in [-0.15, -0.1) is 0 Å². The fraction of sp³-hybridized carbons (Fsp3) is 0.0638. The SMILES string of the molecule is C[Si]1(C)c2ccccc2C2(c3ccccc3-n3c4ccccc4c4cccc2c43)c2cccc(-c3ccc4c(ccc5ccccc54)c3)c21. The molecule has 1 atom stereocenters. The van der Waals surface area contributed by atoms with E-state index in [1.807, 2.05) is 0 Å². The van der Waals surface area contributed by atoms with Crippen LogP contribution in [0.5, 0.6) is 0 Å². The minimum absolute atomic E-state index is 0.460. The van der Waals surface area contributed by atoms with Gasteiger partial charge in [0.15, 0.2) is 0 Å². The Hall–Kier alpha value is -5.70. The zero-order valence-electron chi connectivity index (χ0n) is 27.5. The maximum absolute atomic E-state index is 2.57. The number of fused-ring (bicyclic) bond motifs is 14. The van der Waals surface area contributed by atoms with Gasteiger partial charge < -0.3 is 4.57 Å². The molecule has 0 saturated carbocycles. The molecule has 1 unspecified atom stereocenters. The molecule has 0 saturated heterocycles. The highest BCUT2D eigenvalue weighted by Gasteiger charge is 2.53. The lowest BCUT2D eigenvalue weighted by molar-refractivity contribution is 0.732. The average Bonchev–Trinajstić information content (AvgIpc) is 3.50. The first kappa shape index (κ1) is 27.3. The second-order valence-electron chi connectivity index (χ2n) is 14.4. The van der Waals surface area contributed by atoms with Crippen molar-refractivity contribution in [2.75, 3.05) is 0 Å². The third-order valence-corrected chi connectivity index (χ3v) is 15.4. The molecule has 2 aliphatic rings. The first-order valence-corrected chi connectivity index (χ1v) is 20.4. The summed E-state index contributed by atoms with van der Waals surface area (Å²) >= 11 is 0. The number of benzene rings is 8. The molecule has 1 nitrogen and oxygen atoms in total. The van der Waals surface area contributed by atoms with Crippen LogP contribution in [-0.4, -0.2) is 12.6 Å². The van der Waals surface area contributed by atoms with Gasteiger partial charge in [-0.1, -0.05) is 159 Å². The summed E-state index contributed by atoms with van der Waals surface area (Å²) in [6.45, 7) is 5.14. The minimum atomic E-state index is -2.21. The normalized spacial score (nSPS) is 17.0. The Balaban J connectivity index is 1.30. The summed E-state index contributed by atoms with van der Waals surface area (Å²) in [5, 5.41) is 10.9. The molecule has 49 heavy (non-hydrogen) atoms. The Morgan fingerprint density at radius 1 is 0.469 bits per heavy atom. The highest BCUT2D eigenvalue weighted by molar-refractivity contribution is 7.02. The van der Waals surface area contributed by atoms with Crippen molar-refractivity contribution in [1.82, 2.24) is 4.57 Å². The standard InChI is InChI=1S/C47H33NSi/c1-49(2)44-24-10-7-19-39(44)47(38-18-6-9-23-43(38)48-42-22-8-5-15-36(42)37-17-12-20-40(47)45(37)48)41-21-11-16-35(46(41)49)32-27-28-34-31(29-32)26-25-30-13-3-4-14-33(30)34/h3-29H,1-2H3. The summed E-state index contributed by atoms with van der Waals surface area (Å²) in [5.74, 6) is 0. The molecule has 0 radical (unpaired) electrons. The molecule has 0 amide bonds. The molecule has 0 bridgehead atoms. The van der Waals surface area contributed by atoms with Crippen molar-refractivity contribution < 1.29 is 0 Å². The zero-order chi connectivity index (χ0) is 32.5. The quantitative estimate of drug-likeness (QED) is 0.124. The van der Waals surface area contributed by atoms with Crippen LogP contribution in [0.15, 0.2) is 164 Å². The fourth-order valence-corrected chi connectivity index (χ4v) is 13.4. The van der Waals surface area contributed by atoms with Crippen LogP contribution in [0.3, 0.4) is 0 Å². The summed E-state index contributed by atoms with van der Waals surface area (Å²) < 4.78 is 2.54. The number of aromatic nitrogens is 1. The molecular weight excluding hydrogens is 607 g/mol. The topological polar surface area (TPSA) is 4.93 Å². The van der Waals surface area contributed by atoms with Gasteiger partial charge in [-0.05, 0) is 83.5 Å². The third-order valence-electron chi connectivity index (χ3n) is 11.8. The second kappa shape index (κ2) is 9.47. The smallest absolute Gasteiger partial charge is 0.113 e. The van der Waals surface area contributed by atoms with Crippen LogP contribution in [0.2, 0.25) is 13.1 Å². The van der Waals surface area contributed by atoms with Gasteiger partial charge in [-0.3, -0.25) is 0 Å². The summed E-state index contributed by atoms with van der Waals surface area (Å²) in [4.78, 5) is 0. The summed E-state index contributed by atoms with van der Waals surface area (Å²) in [7, 11) is -2.21. The largest absolute Gasteiger partial charge is 0.309 e. The Bertz CT molecular complexity index is 2870. The van der Waals surface area contributed by atoms with Gasteiger partial charge in [0.2, 0.25) is 0 Å². The van der Waals surface area contributed by atoms with Crippen LogP contribution in [-0.2, 0) is 5.41 Å². The Morgan fingerprint density at radius 2 is 1.12 bits per heavy atom. The molecule has 0 fully saturated rings. The average molecular weight is 640 g/mol. The first-order valence-electron chi connectivity index (χ1n) is 17.4. The predicted molar refractivity (Wildman–Crippen MR) is 210 cm³/mol. The van der Waals surface area contributed by atoms with E-state index >= 15 is 0 Å². The highest BCUT2D eigenvalue weighted by Crippen LogP contribution is 2.55. The van der Waals surface area contributed by atoms with Crippen molar-refractivity contribution >= 4 is 61.8 Å². The summed E-state index contributed by atoms with van der Waals surface area (Å²) in [6, 6.07) is 62.2. The number of hydrogen-bond donors (Lipinski definition) is 0. The van der Waals surface area contributed by atoms with Gasteiger partial charge >= 0.3 is 0 Å². The maximum Gasteiger partial charge on any atom is 0.113 e. The number of hydrogen-bond acceptors (Lipinski definition) is 0. The summed E-state index contributed by atoms with van der Waals surface area (Å²) in [5.41, 5.74) is 11.7. The van der Waals surface area contributed by atoms with E-state index in [-0.39, 0.29) is 0 Å². The number of rotatable bonds is 1. The van der Waals surface area contributed by atoms with E-state index < -0.39 is 13.5 Å². The highest BCUT2D eigenvalue weighted by atomic mass is 28.3. The van der Waals surface area contributed by atoms with Gasteiger partial charge in [-0.25, -0.2) is 0 Å². The zero-order valence-corrected chi connectivity index (χ0v) is 28.5. The van der Waals surface area contributed by atoms with Gasteiger partial charge in [-0.2, -0.15) is 0 Å². The van der Waals surface area contributed by atoms with E-state index in [9.17, 15) is 0 Å². The van der Waals surface area contributed by atoms with Crippen molar-refractivity contribution in [3.8, 4) is 16.8 Å². The van der Waals surface area contributed by atoms with Crippen molar-refractivity contribution in [2.24, 2.45) is 0 Å². The van der Waals surface area contributed by atoms with Crippen molar-refractivity contribution in [1.29, 1.82) is 0 Å². The lowest BCUT2D eigenvalue weighted by atomic mass is 9.62. The lowest BCUT2D eigenvalue weighted by Crippen LogP contribution is -2.64. The van der Waals surface area contributed by atoms with Gasteiger partial charge in [0, 0.05) is 10.8 Å². The second-order valence-corrected chi connectivity index (χ2v) is 18.7. The maximum atomic E-state index is 2.57. The summed E-state index contributed by atoms with van der Waals surface area (Å²) in [6.07, 6.45) is 0. The molecule has 1 spiro atoms. The molecule has 2 aliphatic heterocycles. The van der Waals surface area contributed by atoms with Crippen molar-refractivity contribution in [3.63, 3.8) is 0 Å². The number of para-hydroxylation sites is 3. The van der Waals surface area contributed by atoms with E-state index in [0.717, 1.165) is 0 Å². The van der Waals surface area contributed by atoms with E-state index in [1.165, 1.54) is 87.6 Å². The molecule has 11 rings (SSSR count). The fourth-order valence-electron chi connectivity index (χ4n) is 9.88.